The number of hydrogen-bond donors (Lipinski definition) is 2. The summed E-state index contributed by atoms with van der Waals surface area (Å²) >= 11 is 0. The summed E-state index contributed by atoms with van der Waals surface area (Å²) in [7, 11) is 0. The number of carbonyl (C=O) groups is 1. The second-order valence-corrected chi connectivity index (χ2v) is 4.82. The molecule has 4 heteroatoms. The average molecular weight is 252 g/mol. The Morgan fingerprint density at radius 1 is 0.889 bits per heavy atom. The quantitative estimate of drug-likeness (QED) is 0.414. The van der Waals surface area contributed by atoms with Crippen molar-refractivity contribution in [3.05, 3.63) is 0 Å². The number of aliphatic hydroxyl groups is 1. The van der Waals surface area contributed by atoms with E-state index in [-0.39, 0.29) is 18.9 Å². The van der Waals surface area contributed by atoms with Gasteiger partial charge in [-0.1, -0.05) is 71.1 Å². The molecule has 1 unspecified atom stereocenters. The Morgan fingerprint density at radius 3 is 1.67 bits per heavy atom. The van der Waals surface area contributed by atoms with Crippen molar-refractivity contribution in [2.24, 2.45) is 0 Å². The first kappa shape index (κ1) is 20.3. The van der Waals surface area contributed by atoms with Crippen molar-refractivity contribution in [2.75, 3.05) is 0 Å². The van der Waals surface area contributed by atoms with Crippen molar-refractivity contribution in [1.29, 1.82) is 0 Å². The standard InChI is InChI=1S/C14H28O3.Li.H/c1-2-3-4-5-6-7-8-9-10-11-12-13(15)14(16)17;;/h13,15H,2-12H2,1H3,(H,16,17);;. The van der Waals surface area contributed by atoms with Crippen molar-refractivity contribution in [3.63, 3.8) is 0 Å². The molecule has 0 aromatic carbocycles. The summed E-state index contributed by atoms with van der Waals surface area (Å²) in [5.41, 5.74) is 0. The first-order chi connectivity index (χ1) is 8.18. The molecule has 0 fully saturated rings. The van der Waals surface area contributed by atoms with E-state index in [0.29, 0.717) is 6.42 Å². The topological polar surface area (TPSA) is 57.5 Å². The van der Waals surface area contributed by atoms with E-state index >= 15 is 0 Å². The number of carboxylic acids is 1. The van der Waals surface area contributed by atoms with Crippen LogP contribution in [0.4, 0.5) is 0 Å². The molecule has 0 bridgehead atoms. The van der Waals surface area contributed by atoms with Crippen molar-refractivity contribution in [3.8, 4) is 0 Å². The SMILES string of the molecule is CCCCCCCCCCCCC(O)C(=O)O.[LiH]. The zero-order chi connectivity index (χ0) is 12.9. The van der Waals surface area contributed by atoms with Gasteiger partial charge in [0, 0.05) is 0 Å². The van der Waals surface area contributed by atoms with Crippen LogP contribution in [0, 0.1) is 0 Å². The molecular formula is C14H29LiO3. The van der Waals surface area contributed by atoms with Gasteiger partial charge < -0.3 is 10.2 Å². The summed E-state index contributed by atoms with van der Waals surface area (Å²) in [5, 5.41) is 17.5. The predicted octanol–water partition coefficient (Wildman–Crippen LogP) is 3.09. The van der Waals surface area contributed by atoms with E-state index in [1.165, 1.54) is 51.4 Å². The fourth-order valence-electron chi connectivity index (χ4n) is 1.95. The van der Waals surface area contributed by atoms with Gasteiger partial charge >= 0.3 is 24.8 Å². The van der Waals surface area contributed by atoms with Crippen LogP contribution in [0.1, 0.15) is 77.6 Å². The first-order valence-electron chi connectivity index (χ1n) is 7.09. The minimum atomic E-state index is -1.16. The number of carboxylic acid groups (broad SMARTS) is 1. The van der Waals surface area contributed by atoms with Gasteiger partial charge in [-0.2, -0.15) is 0 Å². The molecule has 0 saturated heterocycles. The zero-order valence-corrected chi connectivity index (χ0v) is 11.2. The zero-order valence-electron chi connectivity index (χ0n) is 11.2. The van der Waals surface area contributed by atoms with Crippen molar-refractivity contribution in [1.82, 2.24) is 0 Å². The average Bonchev–Trinajstić information content (AvgIpc) is 2.31. The molecule has 2 N–H and O–H groups in total. The third-order valence-electron chi connectivity index (χ3n) is 3.12. The molecule has 1 atom stereocenters. The maximum absolute atomic E-state index is 10.3. The van der Waals surface area contributed by atoms with Crippen LogP contribution in [0.25, 0.3) is 0 Å². The van der Waals surface area contributed by atoms with Crippen molar-refractivity contribution < 1.29 is 15.0 Å². The van der Waals surface area contributed by atoms with Gasteiger partial charge in [0.25, 0.3) is 0 Å². The van der Waals surface area contributed by atoms with E-state index in [4.69, 9.17) is 10.2 Å². The Kier molecular flexibility index (Phi) is 17.1. The summed E-state index contributed by atoms with van der Waals surface area (Å²) in [6, 6.07) is 0. The minimum absolute atomic E-state index is 0. The third-order valence-corrected chi connectivity index (χ3v) is 3.12. The van der Waals surface area contributed by atoms with Crippen LogP contribution < -0.4 is 0 Å². The number of aliphatic hydroxyl groups excluding tert-OH is 1. The fourth-order valence-corrected chi connectivity index (χ4v) is 1.95. The summed E-state index contributed by atoms with van der Waals surface area (Å²) in [6.07, 6.45) is 11.5. The molecule has 0 amide bonds. The van der Waals surface area contributed by atoms with Crippen molar-refractivity contribution in [2.45, 2.75) is 83.7 Å². The van der Waals surface area contributed by atoms with Crippen LogP contribution in [-0.4, -0.2) is 41.1 Å². The van der Waals surface area contributed by atoms with E-state index in [1.807, 2.05) is 0 Å². The second kappa shape index (κ2) is 15.1. The fraction of sp³-hybridized carbons (Fsp3) is 0.929. The molecule has 0 aliphatic rings. The Bertz CT molecular complexity index is 186. The van der Waals surface area contributed by atoms with Gasteiger partial charge in [0.1, 0.15) is 0 Å². The molecule has 0 heterocycles. The van der Waals surface area contributed by atoms with E-state index in [2.05, 4.69) is 6.92 Å². The number of hydrogen-bond acceptors (Lipinski definition) is 2. The van der Waals surface area contributed by atoms with Crippen LogP contribution in [0.2, 0.25) is 0 Å². The molecule has 0 radical (unpaired) electrons. The van der Waals surface area contributed by atoms with Crippen molar-refractivity contribution >= 4 is 24.8 Å². The Balaban J connectivity index is 0. The summed E-state index contributed by atoms with van der Waals surface area (Å²) < 4.78 is 0. The van der Waals surface area contributed by atoms with Crippen LogP contribution in [0.15, 0.2) is 0 Å². The molecule has 104 valence electrons. The molecule has 0 aromatic rings. The van der Waals surface area contributed by atoms with Gasteiger partial charge in [-0.3, -0.25) is 0 Å². The molecule has 18 heavy (non-hydrogen) atoms. The third kappa shape index (κ3) is 14.1. The number of rotatable bonds is 12. The predicted molar refractivity (Wildman–Crippen MR) is 77.3 cm³/mol. The van der Waals surface area contributed by atoms with Crippen LogP contribution in [-0.2, 0) is 4.79 Å². The van der Waals surface area contributed by atoms with Gasteiger partial charge in [0.05, 0.1) is 0 Å². The molecular weight excluding hydrogens is 223 g/mol. The molecule has 0 spiro atoms. The molecule has 0 aliphatic carbocycles. The van der Waals surface area contributed by atoms with E-state index in [1.54, 1.807) is 0 Å². The Morgan fingerprint density at radius 2 is 1.28 bits per heavy atom. The van der Waals surface area contributed by atoms with Crippen LogP contribution in [0.5, 0.6) is 0 Å². The molecule has 3 nitrogen and oxygen atoms in total. The molecule has 0 aromatic heterocycles. The Labute approximate surface area is 124 Å². The first-order valence-corrected chi connectivity index (χ1v) is 7.09. The number of unbranched alkanes of at least 4 members (excludes halogenated alkanes) is 9. The summed E-state index contributed by atoms with van der Waals surface area (Å²) in [6.45, 7) is 2.23. The molecule has 0 saturated carbocycles. The van der Waals surface area contributed by atoms with E-state index < -0.39 is 12.1 Å². The summed E-state index contributed by atoms with van der Waals surface area (Å²) in [5.74, 6) is -1.10. The second-order valence-electron chi connectivity index (χ2n) is 4.82. The van der Waals surface area contributed by atoms with Gasteiger partial charge in [0.2, 0.25) is 0 Å². The Hall–Kier alpha value is 0.0274. The maximum atomic E-state index is 10.3. The van der Waals surface area contributed by atoms with Gasteiger partial charge in [0.15, 0.2) is 6.10 Å². The summed E-state index contributed by atoms with van der Waals surface area (Å²) in [4.78, 5) is 10.3. The van der Waals surface area contributed by atoms with E-state index in [0.717, 1.165) is 12.8 Å². The van der Waals surface area contributed by atoms with Gasteiger partial charge in [-0.05, 0) is 6.42 Å². The molecule has 0 rings (SSSR count). The normalized spacial score (nSPS) is 11.9. The number of aliphatic carboxylic acids is 1. The van der Waals surface area contributed by atoms with Gasteiger partial charge in [-0.25, -0.2) is 4.79 Å². The van der Waals surface area contributed by atoms with Gasteiger partial charge in [-0.15, -0.1) is 0 Å². The van der Waals surface area contributed by atoms with E-state index in [9.17, 15) is 4.79 Å². The van der Waals surface area contributed by atoms with Crippen LogP contribution in [0.3, 0.4) is 0 Å². The van der Waals surface area contributed by atoms with Crippen LogP contribution >= 0.6 is 0 Å². The monoisotopic (exact) mass is 252 g/mol. The molecule has 0 aliphatic heterocycles.